The lowest BCUT2D eigenvalue weighted by molar-refractivity contribution is 0.633. The smallest absolute Gasteiger partial charge is 0.257 e. The van der Waals surface area contributed by atoms with Crippen molar-refractivity contribution in [2.45, 2.75) is 0 Å². The van der Waals surface area contributed by atoms with Crippen LogP contribution in [-0.4, -0.2) is 9.97 Å². The minimum Gasteiger partial charge on any atom is -0.329 e. The quantitative estimate of drug-likeness (QED) is 0.632. The lowest BCUT2D eigenvalue weighted by Gasteiger charge is -1.94. The van der Waals surface area contributed by atoms with E-state index in [9.17, 15) is 9.18 Å². The Morgan fingerprint density at radius 3 is 2.92 bits per heavy atom. The van der Waals surface area contributed by atoms with Crippen LogP contribution in [0.15, 0.2) is 29.5 Å². The molecule has 0 fully saturated rings. The first-order chi connectivity index (χ1) is 5.79. The molecule has 2 rings (SSSR count). The van der Waals surface area contributed by atoms with Gasteiger partial charge in [-0.15, -0.1) is 0 Å². The first kappa shape index (κ1) is 6.97. The molecular formula is C8H5FN2O. The number of rotatable bonds is 0. The fourth-order valence-electron chi connectivity index (χ4n) is 1.07. The molecule has 0 saturated carbocycles. The van der Waals surface area contributed by atoms with Crippen molar-refractivity contribution in [2.75, 3.05) is 0 Å². The normalized spacial score (nSPS) is 10.4. The maximum absolute atomic E-state index is 13.0. The van der Waals surface area contributed by atoms with Gasteiger partial charge in [0.1, 0.15) is 5.82 Å². The highest BCUT2D eigenvalue weighted by atomic mass is 19.1. The summed E-state index contributed by atoms with van der Waals surface area (Å²) in [5.74, 6) is -0.474. The number of pyridine rings is 2. The zero-order chi connectivity index (χ0) is 8.55. The number of fused-ring (bicyclic) bond motifs is 1. The number of H-pyrrole nitrogens is 1. The van der Waals surface area contributed by atoms with Crippen LogP contribution < -0.4 is 5.56 Å². The predicted octanol–water partition coefficient (Wildman–Crippen LogP) is 1.06. The Morgan fingerprint density at radius 1 is 1.33 bits per heavy atom. The van der Waals surface area contributed by atoms with E-state index in [1.165, 1.54) is 18.5 Å². The van der Waals surface area contributed by atoms with E-state index in [1.807, 2.05) is 0 Å². The fraction of sp³-hybridized carbons (Fsp3) is 0. The first-order valence-corrected chi connectivity index (χ1v) is 3.40. The molecule has 0 amide bonds. The molecule has 0 atom stereocenters. The Morgan fingerprint density at radius 2 is 2.17 bits per heavy atom. The van der Waals surface area contributed by atoms with Crippen LogP contribution >= 0.6 is 0 Å². The van der Waals surface area contributed by atoms with Crippen molar-refractivity contribution in [1.82, 2.24) is 9.97 Å². The summed E-state index contributed by atoms with van der Waals surface area (Å²) >= 11 is 0. The predicted molar refractivity (Wildman–Crippen MR) is 42.3 cm³/mol. The molecule has 4 heteroatoms. The highest BCUT2D eigenvalue weighted by Crippen LogP contribution is 2.10. The Balaban J connectivity index is 3.05. The Hall–Kier alpha value is -1.71. The van der Waals surface area contributed by atoms with Gasteiger partial charge < -0.3 is 4.98 Å². The van der Waals surface area contributed by atoms with E-state index in [0.717, 1.165) is 6.20 Å². The molecule has 0 bridgehead atoms. The summed E-state index contributed by atoms with van der Waals surface area (Å²) in [6.07, 6.45) is 3.84. The number of hydrogen-bond donors (Lipinski definition) is 1. The van der Waals surface area contributed by atoms with Crippen LogP contribution in [-0.2, 0) is 0 Å². The average Bonchev–Trinajstić information content (AvgIpc) is 2.07. The topological polar surface area (TPSA) is 45.8 Å². The Labute approximate surface area is 66.9 Å². The number of hydrogen-bond acceptors (Lipinski definition) is 2. The van der Waals surface area contributed by atoms with Gasteiger partial charge in [0.25, 0.3) is 5.56 Å². The van der Waals surface area contributed by atoms with Gasteiger partial charge in [-0.05, 0) is 6.07 Å². The van der Waals surface area contributed by atoms with Gasteiger partial charge in [0.05, 0.1) is 11.6 Å². The number of nitrogens with one attached hydrogen (secondary N) is 1. The van der Waals surface area contributed by atoms with Crippen LogP contribution in [0.25, 0.3) is 10.8 Å². The summed E-state index contributed by atoms with van der Waals surface area (Å²) < 4.78 is 13.0. The Bertz CT molecular complexity index is 478. The van der Waals surface area contributed by atoms with Gasteiger partial charge in [-0.2, -0.15) is 0 Å². The van der Waals surface area contributed by atoms with E-state index in [0.29, 0.717) is 5.39 Å². The molecule has 0 aliphatic carbocycles. The first-order valence-electron chi connectivity index (χ1n) is 3.40. The molecule has 60 valence electrons. The van der Waals surface area contributed by atoms with Crippen molar-refractivity contribution in [2.24, 2.45) is 0 Å². The zero-order valence-corrected chi connectivity index (χ0v) is 6.04. The van der Waals surface area contributed by atoms with Crippen LogP contribution in [0.4, 0.5) is 4.39 Å². The summed E-state index contributed by atoms with van der Waals surface area (Å²) in [5, 5.41) is 0.575. The largest absolute Gasteiger partial charge is 0.329 e. The maximum atomic E-state index is 13.0. The molecule has 2 aromatic heterocycles. The van der Waals surface area contributed by atoms with Crippen LogP contribution in [0.3, 0.4) is 0 Å². The van der Waals surface area contributed by atoms with Gasteiger partial charge in [-0.3, -0.25) is 9.78 Å². The second kappa shape index (κ2) is 2.41. The van der Waals surface area contributed by atoms with Gasteiger partial charge >= 0.3 is 0 Å². The van der Waals surface area contributed by atoms with Crippen molar-refractivity contribution in [3.05, 3.63) is 40.8 Å². The van der Waals surface area contributed by atoms with Crippen LogP contribution in [0.1, 0.15) is 0 Å². The summed E-state index contributed by atoms with van der Waals surface area (Å²) in [6.45, 7) is 0. The molecule has 3 nitrogen and oxygen atoms in total. The molecule has 12 heavy (non-hydrogen) atoms. The van der Waals surface area contributed by atoms with E-state index in [-0.39, 0.29) is 10.9 Å². The van der Waals surface area contributed by atoms with Gasteiger partial charge in [0.2, 0.25) is 0 Å². The Kier molecular flexibility index (Phi) is 1.40. The highest BCUT2D eigenvalue weighted by Gasteiger charge is 2.01. The van der Waals surface area contributed by atoms with Crippen molar-refractivity contribution in [3.8, 4) is 0 Å². The molecule has 0 spiro atoms. The van der Waals surface area contributed by atoms with E-state index in [1.54, 1.807) is 0 Å². The minimum absolute atomic E-state index is 0.275. The lowest BCUT2D eigenvalue weighted by atomic mass is 10.2. The van der Waals surface area contributed by atoms with Gasteiger partial charge in [0, 0.05) is 17.8 Å². The summed E-state index contributed by atoms with van der Waals surface area (Å²) in [4.78, 5) is 17.1. The van der Waals surface area contributed by atoms with E-state index < -0.39 is 5.82 Å². The number of aromatic amines is 1. The third-order valence-electron chi connectivity index (χ3n) is 1.65. The molecule has 0 unspecified atom stereocenters. The molecule has 0 aliphatic rings. The van der Waals surface area contributed by atoms with E-state index in [4.69, 9.17) is 0 Å². The molecule has 1 N–H and O–H groups in total. The summed E-state index contributed by atoms with van der Waals surface area (Å²) in [7, 11) is 0. The number of nitrogens with zero attached hydrogens (tertiary/aromatic N) is 1. The molecule has 2 aromatic rings. The number of halogens is 1. The zero-order valence-electron chi connectivity index (χ0n) is 6.04. The molecule has 0 aromatic carbocycles. The summed E-state index contributed by atoms with van der Waals surface area (Å²) in [5.41, 5.74) is -0.320. The van der Waals surface area contributed by atoms with Crippen LogP contribution in [0, 0.1) is 5.82 Å². The average molecular weight is 164 g/mol. The van der Waals surface area contributed by atoms with E-state index in [2.05, 4.69) is 9.97 Å². The third-order valence-corrected chi connectivity index (χ3v) is 1.65. The number of aromatic nitrogens is 2. The molecule has 0 aliphatic heterocycles. The van der Waals surface area contributed by atoms with Crippen molar-refractivity contribution < 1.29 is 4.39 Å². The third kappa shape index (κ3) is 0.887. The van der Waals surface area contributed by atoms with Crippen molar-refractivity contribution in [3.63, 3.8) is 0 Å². The monoisotopic (exact) mass is 164 g/mol. The second-order valence-corrected chi connectivity index (χ2v) is 2.39. The standard InChI is InChI=1S/C8H5FN2O/c9-7-4-10-3-6-5(7)1-2-11-8(6)12/h1-4H,(H,11,12). The van der Waals surface area contributed by atoms with Gasteiger partial charge in [0.15, 0.2) is 0 Å². The molecule has 0 radical (unpaired) electrons. The van der Waals surface area contributed by atoms with Crippen molar-refractivity contribution >= 4 is 10.8 Å². The van der Waals surface area contributed by atoms with Gasteiger partial charge in [-0.1, -0.05) is 0 Å². The maximum Gasteiger partial charge on any atom is 0.257 e. The van der Waals surface area contributed by atoms with Crippen LogP contribution in [0.5, 0.6) is 0 Å². The summed E-state index contributed by atoms with van der Waals surface area (Å²) in [6, 6.07) is 1.51. The second-order valence-electron chi connectivity index (χ2n) is 2.39. The van der Waals surface area contributed by atoms with Gasteiger partial charge in [-0.25, -0.2) is 4.39 Å². The van der Waals surface area contributed by atoms with E-state index >= 15 is 0 Å². The van der Waals surface area contributed by atoms with Crippen LogP contribution in [0.2, 0.25) is 0 Å². The minimum atomic E-state index is -0.474. The molecule has 2 heterocycles. The molecular weight excluding hydrogens is 159 g/mol. The lowest BCUT2D eigenvalue weighted by Crippen LogP contribution is -2.05. The SMILES string of the molecule is O=c1[nH]ccc2c(F)cncc12. The highest BCUT2D eigenvalue weighted by molar-refractivity contribution is 5.80. The van der Waals surface area contributed by atoms with Crippen molar-refractivity contribution in [1.29, 1.82) is 0 Å². The molecule has 0 saturated heterocycles. The fourth-order valence-corrected chi connectivity index (χ4v) is 1.07.